The summed E-state index contributed by atoms with van der Waals surface area (Å²) in [6.45, 7) is 12.5. The molecule has 1 radical (unpaired) electrons. The molecule has 0 aromatic carbocycles. The molecule has 2 saturated heterocycles. The summed E-state index contributed by atoms with van der Waals surface area (Å²) < 4.78 is 126. The van der Waals surface area contributed by atoms with E-state index in [2.05, 4.69) is 37.5 Å². The van der Waals surface area contributed by atoms with Crippen LogP contribution in [0.3, 0.4) is 0 Å². The van der Waals surface area contributed by atoms with E-state index in [1.807, 2.05) is 12.4 Å². The van der Waals surface area contributed by atoms with E-state index >= 15 is 0 Å². The van der Waals surface area contributed by atoms with Crippen molar-refractivity contribution in [2.24, 2.45) is 0 Å². The molecule has 4 rings (SSSR count). The maximum atomic E-state index is 10.7. The zero-order valence-corrected chi connectivity index (χ0v) is 30.4. The molecule has 4 heterocycles. The van der Waals surface area contributed by atoms with Gasteiger partial charge in [-0.05, 0) is 66.5 Å². The molecule has 0 spiro atoms. The van der Waals surface area contributed by atoms with Gasteiger partial charge in [-0.1, -0.05) is 0 Å². The van der Waals surface area contributed by atoms with Crippen molar-refractivity contribution in [1.82, 2.24) is 19.8 Å². The van der Waals surface area contributed by atoms with Crippen LogP contribution in [-0.4, -0.2) is 96.1 Å². The molecule has 2 aromatic rings. The average Bonchev–Trinajstić information content (AvgIpc) is 3.60. The van der Waals surface area contributed by atoms with Crippen molar-refractivity contribution in [2.75, 3.05) is 27.3 Å². The van der Waals surface area contributed by atoms with Gasteiger partial charge >= 0.3 is 31.3 Å². The first kappa shape index (κ1) is 44.8. The smallest absolute Gasteiger partial charge is 0.496 e. The Labute approximate surface area is 292 Å². The Bertz CT molecular complexity index is 1510. The summed E-state index contributed by atoms with van der Waals surface area (Å²) in [5, 5.41) is 0. The minimum atomic E-state index is -5.84. The van der Waals surface area contributed by atoms with Crippen LogP contribution in [0.1, 0.15) is 59.3 Å². The van der Waals surface area contributed by atoms with Gasteiger partial charge in [-0.3, -0.25) is 28.9 Å². The molecule has 2 fully saturated rings. The second-order valence-corrected chi connectivity index (χ2v) is 14.1. The van der Waals surface area contributed by atoms with E-state index in [1.165, 1.54) is 36.8 Å². The number of aryl methyl sites for hydroxylation is 2. The van der Waals surface area contributed by atoms with Gasteiger partial charge in [0, 0.05) is 76.9 Å². The molecular formula is C28H40F6MnN4O8S2. The number of aromatic nitrogens is 2. The van der Waals surface area contributed by atoms with Crippen LogP contribution < -0.4 is 9.47 Å². The number of ether oxygens (including phenoxy) is 2. The molecule has 49 heavy (non-hydrogen) atoms. The van der Waals surface area contributed by atoms with Crippen LogP contribution in [-0.2, 0) is 50.4 Å². The number of hydrogen-bond acceptors (Lipinski definition) is 10. The van der Waals surface area contributed by atoms with Crippen molar-refractivity contribution < 1.29 is 78.8 Å². The molecule has 2 N–H and O–H groups in total. The molecule has 12 nitrogen and oxygen atoms in total. The maximum Gasteiger partial charge on any atom is 0.522 e. The molecule has 0 amide bonds. The molecule has 281 valence electrons. The number of nitrogens with zero attached hydrogens (tertiary/aromatic N) is 4. The van der Waals surface area contributed by atoms with Crippen LogP contribution in [0.25, 0.3) is 0 Å². The first-order valence-corrected chi connectivity index (χ1v) is 17.4. The van der Waals surface area contributed by atoms with Crippen molar-refractivity contribution in [1.29, 1.82) is 0 Å². The van der Waals surface area contributed by atoms with Gasteiger partial charge in [-0.25, -0.2) is 0 Å². The summed E-state index contributed by atoms with van der Waals surface area (Å²) in [5.74, 6) is 1.95. The SMILES string of the molecule is COc1c(C)cnc(CN2CCC[C@H]2[C@@H]2CCCN2Cc2ncc(C)c(OC)c2C)c1C.O=S(=O)(O)C(F)(F)F.O=S(=O)(O)C(F)(F)F.[Mn]. The third-order valence-corrected chi connectivity index (χ3v) is 9.23. The molecule has 0 bridgehead atoms. The van der Waals surface area contributed by atoms with Crippen molar-refractivity contribution in [3.8, 4) is 11.5 Å². The quantitative estimate of drug-likeness (QED) is 0.165. The number of methoxy groups -OCH3 is 2. The zero-order chi connectivity index (χ0) is 36.8. The molecule has 2 aliphatic rings. The predicted molar refractivity (Wildman–Crippen MR) is 163 cm³/mol. The summed E-state index contributed by atoms with van der Waals surface area (Å²) in [6.07, 6.45) is 8.93. The molecule has 0 unspecified atom stereocenters. The van der Waals surface area contributed by atoms with Crippen molar-refractivity contribution in [3.05, 3.63) is 46.0 Å². The second kappa shape index (κ2) is 17.8. The Morgan fingerprint density at radius 1 is 0.714 bits per heavy atom. The number of likely N-dealkylation sites (tertiary alicyclic amines) is 2. The van der Waals surface area contributed by atoms with Gasteiger partial charge in [0.05, 0.1) is 25.6 Å². The number of hydrogen-bond donors (Lipinski definition) is 2. The van der Waals surface area contributed by atoms with E-state index in [-0.39, 0.29) is 17.1 Å². The Morgan fingerprint density at radius 3 is 1.24 bits per heavy atom. The monoisotopic (exact) mass is 793 g/mol. The summed E-state index contributed by atoms with van der Waals surface area (Å²) in [7, 11) is -8.17. The molecular weight excluding hydrogens is 753 g/mol. The van der Waals surface area contributed by atoms with Crippen molar-refractivity contribution in [2.45, 2.75) is 89.6 Å². The van der Waals surface area contributed by atoms with Crippen LogP contribution in [0.4, 0.5) is 26.3 Å². The van der Waals surface area contributed by atoms with E-state index in [4.69, 9.17) is 45.4 Å². The third-order valence-electron chi connectivity index (χ3n) is 8.06. The number of alkyl halides is 6. The molecule has 2 aromatic heterocycles. The summed E-state index contributed by atoms with van der Waals surface area (Å²) >= 11 is 0. The first-order chi connectivity index (χ1) is 21.9. The van der Waals surface area contributed by atoms with Gasteiger partial charge in [-0.15, -0.1) is 0 Å². The van der Waals surface area contributed by atoms with Crippen LogP contribution in [0, 0.1) is 27.7 Å². The normalized spacial score (nSPS) is 18.9. The summed E-state index contributed by atoms with van der Waals surface area (Å²) in [5.41, 5.74) is -4.23. The number of rotatable bonds is 7. The molecule has 0 saturated carbocycles. The predicted octanol–water partition coefficient (Wildman–Crippen LogP) is 5.14. The van der Waals surface area contributed by atoms with Crippen molar-refractivity contribution >= 4 is 20.2 Å². The fourth-order valence-corrected chi connectivity index (χ4v) is 5.81. The molecule has 2 aliphatic heterocycles. The van der Waals surface area contributed by atoms with Gasteiger partial charge < -0.3 is 9.47 Å². The van der Waals surface area contributed by atoms with E-state index in [1.54, 1.807) is 14.2 Å². The van der Waals surface area contributed by atoms with Gasteiger partial charge in [0.1, 0.15) is 11.5 Å². The van der Waals surface area contributed by atoms with E-state index in [0.717, 1.165) is 60.2 Å². The molecule has 0 aliphatic carbocycles. The van der Waals surface area contributed by atoms with Crippen molar-refractivity contribution in [3.63, 3.8) is 0 Å². The fraction of sp³-hybridized carbons (Fsp3) is 0.643. The Balaban J connectivity index is 0.000000588. The average molecular weight is 794 g/mol. The minimum Gasteiger partial charge on any atom is -0.496 e. The Kier molecular flexibility index (Phi) is 16.3. The Hall–Kier alpha value is -2.26. The van der Waals surface area contributed by atoms with Crippen LogP contribution >= 0.6 is 0 Å². The van der Waals surface area contributed by atoms with Gasteiger partial charge in [0.15, 0.2) is 0 Å². The van der Waals surface area contributed by atoms with Crippen LogP contribution in [0.2, 0.25) is 0 Å². The van der Waals surface area contributed by atoms with Gasteiger partial charge in [-0.2, -0.15) is 43.2 Å². The summed E-state index contributed by atoms with van der Waals surface area (Å²) in [4.78, 5) is 14.9. The van der Waals surface area contributed by atoms with Gasteiger partial charge in [0.2, 0.25) is 0 Å². The van der Waals surface area contributed by atoms with Crippen LogP contribution in [0.15, 0.2) is 12.4 Å². The summed E-state index contributed by atoms with van der Waals surface area (Å²) in [6, 6.07) is 1.14. The third kappa shape index (κ3) is 11.9. The largest absolute Gasteiger partial charge is 0.522 e. The number of pyridine rings is 2. The molecule has 21 heteroatoms. The minimum absolute atomic E-state index is 0. The first-order valence-electron chi connectivity index (χ1n) is 14.5. The second-order valence-electron chi connectivity index (χ2n) is 11.3. The van der Waals surface area contributed by atoms with Gasteiger partial charge in [0.25, 0.3) is 0 Å². The Morgan fingerprint density at radius 2 is 1.00 bits per heavy atom. The fourth-order valence-electron chi connectivity index (χ4n) is 5.81. The van der Waals surface area contributed by atoms with E-state index in [0.29, 0.717) is 12.1 Å². The zero-order valence-electron chi connectivity index (χ0n) is 27.6. The number of halogens is 6. The van der Waals surface area contributed by atoms with E-state index < -0.39 is 31.3 Å². The maximum absolute atomic E-state index is 10.7. The topological polar surface area (TPSA) is 159 Å². The standard InChI is InChI=1S/C26H38N4O2.2CHF3O3S.Mn/c1-17-13-27-21(19(3)25(17)31-5)15-29-11-7-9-23(29)24-10-8-12-30(24)16-22-20(4)26(32-6)18(2)14-28-22;2*2-1(3,4)8(5,6)7;/h13-14,23-24H,7-12,15-16H2,1-6H3;2*(H,5,6,7);/t23-,24-;;;/m0.../s1. The van der Waals surface area contributed by atoms with E-state index in [9.17, 15) is 26.3 Å². The molecule has 2 atom stereocenters. The van der Waals surface area contributed by atoms with Crippen LogP contribution in [0.5, 0.6) is 11.5 Å².